The van der Waals surface area contributed by atoms with Crippen LogP contribution in [0.2, 0.25) is 0 Å². The van der Waals surface area contributed by atoms with Crippen molar-refractivity contribution in [2.24, 2.45) is 5.73 Å². The molecule has 2 heterocycles. The Hall–Kier alpha value is -1.53. The summed E-state index contributed by atoms with van der Waals surface area (Å²) in [4.78, 5) is 7.60. The number of ether oxygens (including phenoxy) is 2. The van der Waals surface area contributed by atoms with Gasteiger partial charge in [-0.2, -0.15) is 0 Å². The fourth-order valence-corrected chi connectivity index (χ4v) is 2.41. The number of halogens is 1. The predicted octanol–water partition coefficient (Wildman–Crippen LogP) is 2.46. The highest BCUT2D eigenvalue weighted by Gasteiger charge is 2.14. The molecule has 0 amide bonds. The molecule has 19 heavy (non-hydrogen) atoms. The molecule has 3 rings (SSSR count). The van der Waals surface area contributed by atoms with Gasteiger partial charge in [0, 0.05) is 18.5 Å². The number of benzene rings is 1. The summed E-state index contributed by atoms with van der Waals surface area (Å²) in [5, 5.41) is 0. The summed E-state index contributed by atoms with van der Waals surface area (Å²) in [6.07, 6.45) is 0.896. The average molecular weight is 324 g/mol. The molecular weight excluding hydrogens is 310 g/mol. The second kappa shape index (κ2) is 5.22. The number of H-pyrrole nitrogens is 1. The van der Waals surface area contributed by atoms with Crippen molar-refractivity contribution in [2.45, 2.75) is 13.0 Å². The number of nitrogens with two attached hydrogens (primary N) is 1. The van der Waals surface area contributed by atoms with E-state index in [1.165, 1.54) is 0 Å². The standard InChI is InChI=1S/C13H14BrN3O2/c14-12-9(7-15)16-13(17-12)8-2-3-10-11(6-8)19-5-1-4-18-10/h2-3,6H,1,4-5,7,15H2,(H,16,17). The first-order valence-corrected chi connectivity index (χ1v) is 6.91. The van der Waals surface area contributed by atoms with E-state index >= 15 is 0 Å². The molecule has 0 saturated heterocycles. The molecule has 1 aromatic carbocycles. The molecule has 3 N–H and O–H groups in total. The molecule has 0 atom stereocenters. The maximum absolute atomic E-state index is 5.67. The van der Waals surface area contributed by atoms with Crippen molar-refractivity contribution in [3.63, 3.8) is 0 Å². The number of nitrogens with one attached hydrogen (secondary N) is 1. The Bertz CT molecular complexity index is 598. The van der Waals surface area contributed by atoms with Gasteiger partial charge < -0.3 is 20.2 Å². The Morgan fingerprint density at radius 3 is 2.79 bits per heavy atom. The molecule has 0 fully saturated rings. The highest BCUT2D eigenvalue weighted by molar-refractivity contribution is 9.10. The van der Waals surface area contributed by atoms with Crippen LogP contribution in [0.3, 0.4) is 0 Å². The minimum atomic E-state index is 0.415. The third-order valence-electron chi connectivity index (χ3n) is 2.95. The Kier molecular flexibility index (Phi) is 3.44. The highest BCUT2D eigenvalue weighted by Crippen LogP contribution is 2.34. The van der Waals surface area contributed by atoms with Gasteiger partial charge in [0.2, 0.25) is 0 Å². The molecule has 0 unspecified atom stereocenters. The second-order valence-electron chi connectivity index (χ2n) is 4.27. The number of hydrogen-bond acceptors (Lipinski definition) is 4. The van der Waals surface area contributed by atoms with Crippen LogP contribution in [0.5, 0.6) is 11.5 Å². The lowest BCUT2D eigenvalue weighted by Crippen LogP contribution is -1.97. The van der Waals surface area contributed by atoms with Crippen LogP contribution in [0, 0.1) is 0 Å². The SMILES string of the molecule is NCc1[nH]c(-c2ccc3c(c2)OCCCO3)nc1Br. The van der Waals surface area contributed by atoms with Gasteiger partial charge >= 0.3 is 0 Å². The molecule has 0 radical (unpaired) electrons. The fourth-order valence-electron chi connectivity index (χ4n) is 1.97. The monoisotopic (exact) mass is 323 g/mol. The topological polar surface area (TPSA) is 73.2 Å². The van der Waals surface area contributed by atoms with Crippen LogP contribution in [-0.2, 0) is 6.54 Å². The van der Waals surface area contributed by atoms with Crippen molar-refractivity contribution < 1.29 is 9.47 Å². The summed E-state index contributed by atoms with van der Waals surface area (Å²) in [5.41, 5.74) is 7.45. The van der Waals surface area contributed by atoms with Crippen LogP contribution >= 0.6 is 15.9 Å². The molecule has 5 nitrogen and oxygen atoms in total. The normalized spacial score (nSPS) is 14.2. The molecule has 0 bridgehead atoms. The maximum Gasteiger partial charge on any atom is 0.161 e. The molecule has 0 saturated carbocycles. The summed E-state index contributed by atoms with van der Waals surface area (Å²) >= 11 is 3.38. The lowest BCUT2D eigenvalue weighted by molar-refractivity contribution is 0.297. The van der Waals surface area contributed by atoms with E-state index in [1.807, 2.05) is 18.2 Å². The number of hydrogen-bond donors (Lipinski definition) is 2. The summed E-state index contributed by atoms with van der Waals surface area (Å²) in [5.74, 6) is 2.31. The van der Waals surface area contributed by atoms with Crippen LogP contribution < -0.4 is 15.2 Å². The van der Waals surface area contributed by atoms with Gasteiger partial charge in [-0.15, -0.1) is 0 Å². The summed E-state index contributed by atoms with van der Waals surface area (Å²) in [6.45, 7) is 1.78. The van der Waals surface area contributed by atoms with Crippen LogP contribution in [0.4, 0.5) is 0 Å². The van der Waals surface area contributed by atoms with Crippen molar-refractivity contribution in [1.82, 2.24) is 9.97 Å². The first-order chi connectivity index (χ1) is 9.28. The lowest BCUT2D eigenvalue weighted by Gasteiger charge is -2.08. The number of aromatic amines is 1. The maximum atomic E-state index is 5.67. The van der Waals surface area contributed by atoms with E-state index in [9.17, 15) is 0 Å². The molecule has 1 aliphatic rings. The molecule has 2 aromatic rings. The fraction of sp³-hybridized carbons (Fsp3) is 0.308. The van der Waals surface area contributed by atoms with Crippen LogP contribution in [-0.4, -0.2) is 23.2 Å². The zero-order valence-corrected chi connectivity index (χ0v) is 11.9. The van der Waals surface area contributed by atoms with E-state index in [2.05, 4.69) is 25.9 Å². The van der Waals surface area contributed by atoms with E-state index in [0.717, 1.165) is 39.6 Å². The Balaban J connectivity index is 1.98. The van der Waals surface area contributed by atoms with Crippen molar-refractivity contribution in [1.29, 1.82) is 0 Å². The Labute approximate surface area is 119 Å². The smallest absolute Gasteiger partial charge is 0.161 e. The average Bonchev–Trinajstić information content (AvgIpc) is 2.66. The predicted molar refractivity (Wildman–Crippen MR) is 75.2 cm³/mol. The largest absolute Gasteiger partial charge is 0.490 e. The molecule has 1 aliphatic heterocycles. The Morgan fingerprint density at radius 2 is 2.05 bits per heavy atom. The Morgan fingerprint density at radius 1 is 1.26 bits per heavy atom. The van der Waals surface area contributed by atoms with Gasteiger partial charge in [0.15, 0.2) is 11.5 Å². The molecule has 0 spiro atoms. The van der Waals surface area contributed by atoms with Crippen LogP contribution in [0.25, 0.3) is 11.4 Å². The van der Waals surface area contributed by atoms with E-state index in [1.54, 1.807) is 0 Å². The van der Waals surface area contributed by atoms with Crippen molar-refractivity contribution in [3.05, 3.63) is 28.5 Å². The summed E-state index contributed by atoms with van der Waals surface area (Å²) in [7, 11) is 0. The van der Waals surface area contributed by atoms with Crippen molar-refractivity contribution >= 4 is 15.9 Å². The first kappa shape index (κ1) is 12.5. The number of nitrogens with zero attached hydrogens (tertiary/aromatic N) is 1. The lowest BCUT2D eigenvalue weighted by atomic mass is 10.2. The van der Waals surface area contributed by atoms with Crippen LogP contribution in [0.1, 0.15) is 12.1 Å². The summed E-state index contributed by atoms with van der Waals surface area (Å²) < 4.78 is 12.0. The molecule has 100 valence electrons. The van der Waals surface area contributed by atoms with Gasteiger partial charge in [-0.25, -0.2) is 4.98 Å². The number of rotatable bonds is 2. The van der Waals surface area contributed by atoms with Gasteiger partial charge in [-0.05, 0) is 34.1 Å². The van der Waals surface area contributed by atoms with E-state index < -0.39 is 0 Å². The van der Waals surface area contributed by atoms with E-state index in [0.29, 0.717) is 19.8 Å². The number of fused-ring (bicyclic) bond motifs is 1. The van der Waals surface area contributed by atoms with Gasteiger partial charge in [0.1, 0.15) is 10.4 Å². The quantitative estimate of drug-likeness (QED) is 0.890. The van der Waals surface area contributed by atoms with Crippen molar-refractivity contribution in [3.8, 4) is 22.9 Å². The molecular formula is C13H14BrN3O2. The van der Waals surface area contributed by atoms with E-state index in [4.69, 9.17) is 15.2 Å². The first-order valence-electron chi connectivity index (χ1n) is 6.12. The van der Waals surface area contributed by atoms with E-state index in [-0.39, 0.29) is 0 Å². The zero-order valence-electron chi connectivity index (χ0n) is 10.3. The summed E-state index contributed by atoms with van der Waals surface area (Å²) in [6, 6.07) is 5.81. The third kappa shape index (κ3) is 2.46. The number of aromatic nitrogens is 2. The third-order valence-corrected chi connectivity index (χ3v) is 3.61. The molecule has 6 heteroatoms. The number of imidazole rings is 1. The van der Waals surface area contributed by atoms with Gasteiger partial charge in [-0.3, -0.25) is 0 Å². The minimum Gasteiger partial charge on any atom is -0.490 e. The minimum absolute atomic E-state index is 0.415. The van der Waals surface area contributed by atoms with Gasteiger partial charge in [-0.1, -0.05) is 0 Å². The highest BCUT2D eigenvalue weighted by atomic mass is 79.9. The molecule has 0 aliphatic carbocycles. The van der Waals surface area contributed by atoms with Crippen LogP contribution in [0.15, 0.2) is 22.8 Å². The van der Waals surface area contributed by atoms with Crippen molar-refractivity contribution in [2.75, 3.05) is 13.2 Å². The molecule has 1 aromatic heterocycles. The van der Waals surface area contributed by atoms with Gasteiger partial charge in [0.25, 0.3) is 0 Å². The van der Waals surface area contributed by atoms with Gasteiger partial charge in [0.05, 0.1) is 18.9 Å². The second-order valence-corrected chi connectivity index (χ2v) is 5.02. The zero-order chi connectivity index (χ0) is 13.2.